The number of aromatic nitrogens is 3. The lowest BCUT2D eigenvalue weighted by Crippen LogP contribution is -2.35. The van der Waals surface area contributed by atoms with E-state index in [2.05, 4.69) is 15.5 Å². The van der Waals surface area contributed by atoms with E-state index in [0.29, 0.717) is 34.8 Å². The van der Waals surface area contributed by atoms with Crippen molar-refractivity contribution in [3.05, 3.63) is 53.1 Å². The van der Waals surface area contributed by atoms with Gasteiger partial charge >= 0.3 is 0 Å². The van der Waals surface area contributed by atoms with Crippen LogP contribution in [0.25, 0.3) is 11.4 Å². The van der Waals surface area contributed by atoms with Crippen molar-refractivity contribution in [3.63, 3.8) is 0 Å². The zero-order valence-corrected chi connectivity index (χ0v) is 21.0. The van der Waals surface area contributed by atoms with Gasteiger partial charge in [0.05, 0.1) is 10.6 Å². The van der Waals surface area contributed by atoms with Crippen LogP contribution in [0.1, 0.15) is 24.8 Å². The minimum Gasteiger partial charge on any atom is -0.335 e. The number of sulfonamides is 1. The predicted molar refractivity (Wildman–Crippen MR) is 134 cm³/mol. The zero-order valence-electron chi connectivity index (χ0n) is 18.6. The van der Waals surface area contributed by atoms with Crippen molar-refractivity contribution in [1.29, 1.82) is 0 Å². The second-order valence-corrected chi connectivity index (χ2v) is 11.3. The number of amides is 1. The number of nitrogen functional groups attached to an aromatic ring is 1. The molecule has 0 unspecified atom stereocenters. The Morgan fingerprint density at radius 3 is 2.53 bits per heavy atom. The van der Waals surface area contributed by atoms with Crippen molar-refractivity contribution in [2.45, 2.75) is 36.2 Å². The highest BCUT2D eigenvalue weighted by Gasteiger charge is 2.26. The van der Waals surface area contributed by atoms with Crippen molar-refractivity contribution in [2.75, 3.05) is 30.0 Å². The largest absolute Gasteiger partial charge is 0.335 e. The molecule has 0 radical (unpaired) electrons. The number of thioether (sulfide) groups is 1. The molecule has 0 aliphatic carbocycles. The molecule has 1 saturated heterocycles. The summed E-state index contributed by atoms with van der Waals surface area (Å²) < 4.78 is 28.8. The normalized spacial score (nSPS) is 14.8. The summed E-state index contributed by atoms with van der Waals surface area (Å²) in [4.78, 5) is 12.8. The highest BCUT2D eigenvalue weighted by atomic mass is 35.5. The Balaban J connectivity index is 1.43. The first-order valence-electron chi connectivity index (χ1n) is 10.8. The highest BCUT2D eigenvalue weighted by Crippen LogP contribution is 2.26. The number of nitrogens with one attached hydrogen (secondary N) is 1. The quantitative estimate of drug-likeness (QED) is 0.361. The van der Waals surface area contributed by atoms with Crippen LogP contribution >= 0.6 is 23.4 Å². The topological polar surface area (TPSA) is 123 Å². The van der Waals surface area contributed by atoms with Gasteiger partial charge in [0.15, 0.2) is 5.82 Å². The van der Waals surface area contributed by atoms with E-state index >= 15 is 0 Å². The highest BCUT2D eigenvalue weighted by molar-refractivity contribution is 7.99. The number of nitrogens with two attached hydrogens (primary N) is 1. The number of rotatable bonds is 7. The number of anilines is 1. The van der Waals surface area contributed by atoms with Gasteiger partial charge in [-0.1, -0.05) is 35.9 Å². The van der Waals surface area contributed by atoms with Crippen molar-refractivity contribution in [3.8, 4) is 11.4 Å². The van der Waals surface area contributed by atoms with Crippen LogP contribution in [0.15, 0.2) is 52.5 Å². The Labute approximate surface area is 207 Å². The molecule has 0 atom stereocenters. The molecule has 180 valence electrons. The second kappa shape index (κ2) is 10.3. The van der Waals surface area contributed by atoms with Crippen LogP contribution in [-0.2, 0) is 14.8 Å². The maximum atomic E-state index is 13.0. The number of aryl methyl sites for hydroxylation is 1. The van der Waals surface area contributed by atoms with Gasteiger partial charge < -0.3 is 11.2 Å². The average molecular weight is 521 g/mol. The smallest absolute Gasteiger partial charge is 0.243 e. The molecule has 4 rings (SSSR count). The number of hydrogen-bond donors (Lipinski definition) is 2. The number of benzene rings is 2. The molecule has 1 aliphatic rings. The van der Waals surface area contributed by atoms with Crippen molar-refractivity contribution < 1.29 is 13.2 Å². The van der Waals surface area contributed by atoms with Crippen LogP contribution in [-0.4, -0.2) is 52.3 Å². The summed E-state index contributed by atoms with van der Waals surface area (Å²) in [6.07, 6.45) is 2.76. The van der Waals surface area contributed by atoms with Gasteiger partial charge in [0, 0.05) is 29.4 Å². The number of piperidine rings is 1. The molecule has 9 nitrogen and oxygen atoms in total. The van der Waals surface area contributed by atoms with E-state index in [-0.39, 0.29) is 16.6 Å². The van der Waals surface area contributed by atoms with Crippen molar-refractivity contribution >= 4 is 45.0 Å². The van der Waals surface area contributed by atoms with Gasteiger partial charge in [0.2, 0.25) is 21.1 Å². The summed E-state index contributed by atoms with van der Waals surface area (Å²) in [5.41, 5.74) is 1.97. The first kappa shape index (κ1) is 24.5. The van der Waals surface area contributed by atoms with E-state index in [1.165, 1.54) is 15.0 Å². The van der Waals surface area contributed by atoms with Crippen LogP contribution in [0.5, 0.6) is 0 Å². The summed E-state index contributed by atoms with van der Waals surface area (Å²) in [6, 6.07) is 11.8. The first-order chi connectivity index (χ1) is 16.3. The Morgan fingerprint density at radius 2 is 1.82 bits per heavy atom. The molecule has 1 fully saturated rings. The van der Waals surface area contributed by atoms with Crippen LogP contribution in [0.3, 0.4) is 0 Å². The third kappa shape index (κ3) is 5.38. The van der Waals surface area contributed by atoms with Gasteiger partial charge in [-0.15, -0.1) is 10.2 Å². The van der Waals surface area contributed by atoms with Gasteiger partial charge in [-0.2, -0.15) is 4.31 Å². The second-order valence-electron chi connectivity index (χ2n) is 7.96. The maximum absolute atomic E-state index is 13.0. The third-order valence-corrected chi connectivity index (χ3v) is 8.62. The van der Waals surface area contributed by atoms with Crippen molar-refractivity contribution in [1.82, 2.24) is 19.2 Å². The SMILES string of the molecule is Cc1ccc(S(=O)(=O)N2CCCCC2)cc1NC(=O)CSc1nnc(-c2ccc(Cl)cc2)n1N. The van der Waals surface area contributed by atoms with E-state index in [9.17, 15) is 13.2 Å². The fraction of sp³-hybridized carbons (Fsp3) is 0.318. The molecule has 34 heavy (non-hydrogen) atoms. The molecule has 3 N–H and O–H groups in total. The monoisotopic (exact) mass is 520 g/mol. The summed E-state index contributed by atoms with van der Waals surface area (Å²) in [7, 11) is -3.59. The third-order valence-electron chi connectivity index (χ3n) is 5.54. The minimum absolute atomic E-state index is 0.0263. The lowest BCUT2D eigenvalue weighted by molar-refractivity contribution is -0.113. The molecule has 1 aromatic heterocycles. The van der Waals surface area contributed by atoms with Gasteiger partial charge in [-0.25, -0.2) is 13.1 Å². The number of carbonyl (C=O) groups is 1. The Hall–Kier alpha value is -2.60. The zero-order chi connectivity index (χ0) is 24.3. The molecule has 3 aromatic rings. The van der Waals surface area contributed by atoms with E-state index in [1.807, 2.05) is 6.92 Å². The summed E-state index contributed by atoms with van der Waals surface area (Å²) >= 11 is 7.05. The van der Waals surface area contributed by atoms with Crippen molar-refractivity contribution in [2.24, 2.45) is 0 Å². The Morgan fingerprint density at radius 1 is 1.12 bits per heavy atom. The molecule has 12 heteroatoms. The lowest BCUT2D eigenvalue weighted by Gasteiger charge is -2.26. The van der Waals surface area contributed by atoms with Crippen LogP contribution in [0.4, 0.5) is 5.69 Å². The number of nitrogens with zero attached hydrogens (tertiary/aromatic N) is 4. The molecule has 0 saturated carbocycles. The maximum Gasteiger partial charge on any atom is 0.243 e. The first-order valence-corrected chi connectivity index (χ1v) is 13.6. The Kier molecular flexibility index (Phi) is 7.46. The van der Waals surface area contributed by atoms with Crippen LogP contribution < -0.4 is 11.2 Å². The molecule has 1 amide bonds. The molecular weight excluding hydrogens is 496 g/mol. The minimum atomic E-state index is -3.59. The number of halogens is 1. The molecule has 1 aliphatic heterocycles. The number of hydrogen-bond acceptors (Lipinski definition) is 7. The predicted octanol–water partition coefficient (Wildman–Crippen LogP) is 3.53. The van der Waals surface area contributed by atoms with Gasteiger partial charge in [-0.05, 0) is 61.7 Å². The molecule has 2 aromatic carbocycles. The molecule has 0 spiro atoms. The van der Waals surface area contributed by atoms with Crippen LogP contribution in [0.2, 0.25) is 5.02 Å². The van der Waals surface area contributed by atoms with Gasteiger partial charge in [0.1, 0.15) is 0 Å². The summed E-state index contributed by atoms with van der Waals surface area (Å²) in [5, 5.41) is 11.9. The Bertz CT molecular complexity index is 1290. The lowest BCUT2D eigenvalue weighted by atomic mass is 10.2. The average Bonchev–Trinajstić information content (AvgIpc) is 3.20. The van der Waals surface area contributed by atoms with E-state index in [0.717, 1.165) is 42.2 Å². The summed E-state index contributed by atoms with van der Waals surface area (Å²) in [6.45, 7) is 2.85. The molecule has 2 heterocycles. The molecular formula is C22H25ClN6O3S2. The van der Waals surface area contributed by atoms with Gasteiger partial charge in [0.25, 0.3) is 0 Å². The van der Waals surface area contributed by atoms with Crippen LogP contribution in [0, 0.1) is 6.92 Å². The number of carbonyl (C=O) groups excluding carboxylic acids is 1. The fourth-order valence-electron chi connectivity index (χ4n) is 3.64. The van der Waals surface area contributed by atoms with E-state index in [4.69, 9.17) is 17.4 Å². The standard InChI is InChI=1S/C22H25ClN6O3S2/c1-15-5-10-18(34(31,32)28-11-3-2-4-12-28)13-19(15)25-20(30)14-33-22-27-26-21(29(22)24)16-6-8-17(23)9-7-16/h5-10,13H,2-4,11-12,14,24H2,1H3,(H,25,30). The van der Waals surface area contributed by atoms with E-state index < -0.39 is 10.0 Å². The molecule has 0 bridgehead atoms. The summed E-state index contributed by atoms with van der Waals surface area (Å²) in [5.74, 6) is 6.28. The van der Waals surface area contributed by atoms with Gasteiger partial charge in [-0.3, -0.25) is 4.79 Å². The van der Waals surface area contributed by atoms with E-state index in [1.54, 1.807) is 36.4 Å². The fourth-order valence-corrected chi connectivity index (χ4v) is 5.96.